The number of para-hydroxylation sites is 1. The number of anilines is 1. The van der Waals surface area contributed by atoms with Crippen LogP contribution in [0.25, 0.3) is 0 Å². The molecule has 1 nitrogen and oxygen atoms in total. The molecule has 0 fully saturated rings. The van der Waals surface area contributed by atoms with Crippen molar-refractivity contribution in [2.24, 2.45) is 0 Å². The zero-order chi connectivity index (χ0) is 7.84. The van der Waals surface area contributed by atoms with E-state index in [-0.39, 0.29) is 0 Å². The molecule has 1 aromatic carbocycles. The Labute approximate surface area is 65.2 Å². The van der Waals surface area contributed by atoms with Crippen LogP contribution in [0.2, 0.25) is 0 Å². The van der Waals surface area contributed by atoms with Crippen molar-refractivity contribution in [1.29, 1.82) is 0 Å². The molecular formula is C9H10FN. The number of alkyl halides is 1. The Morgan fingerprint density at radius 1 is 1.55 bits per heavy atom. The maximum Gasteiger partial charge on any atom is 0.144 e. The summed E-state index contributed by atoms with van der Waals surface area (Å²) in [4.78, 5) is 0. The predicted octanol–water partition coefficient (Wildman–Crippen LogP) is 2.43. The standard InChI is InChI=1S/C9H10FN/c1-6-3-2-4-7-8(10)5-11-9(6)7/h2-4,8,11H,5H2,1H3. The number of fused-ring (bicyclic) bond motifs is 1. The molecule has 0 bridgehead atoms. The van der Waals surface area contributed by atoms with Gasteiger partial charge in [0, 0.05) is 11.3 Å². The SMILES string of the molecule is Cc1cccc2c1NCC2F. The molecule has 1 aliphatic rings. The number of halogens is 1. The van der Waals surface area contributed by atoms with Crippen molar-refractivity contribution < 1.29 is 4.39 Å². The van der Waals surface area contributed by atoms with E-state index in [0.717, 1.165) is 16.8 Å². The third-order valence-corrected chi connectivity index (χ3v) is 2.10. The summed E-state index contributed by atoms with van der Waals surface area (Å²) in [7, 11) is 0. The first-order valence-corrected chi connectivity index (χ1v) is 3.76. The molecule has 0 saturated carbocycles. The highest BCUT2D eigenvalue weighted by molar-refractivity contribution is 5.61. The third-order valence-electron chi connectivity index (χ3n) is 2.10. The van der Waals surface area contributed by atoms with Gasteiger partial charge in [0.25, 0.3) is 0 Å². The molecule has 0 spiro atoms. The second-order valence-corrected chi connectivity index (χ2v) is 2.89. The molecule has 0 aliphatic carbocycles. The molecule has 0 amide bonds. The van der Waals surface area contributed by atoms with Gasteiger partial charge in [-0.2, -0.15) is 0 Å². The first-order valence-electron chi connectivity index (χ1n) is 3.76. The number of benzene rings is 1. The number of hydrogen-bond donors (Lipinski definition) is 1. The van der Waals surface area contributed by atoms with Crippen molar-refractivity contribution in [3.05, 3.63) is 29.3 Å². The Bertz CT molecular complexity index is 283. The van der Waals surface area contributed by atoms with E-state index in [9.17, 15) is 4.39 Å². The van der Waals surface area contributed by atoms with Crippen molar-refractivity contribution in [1.82, 2.24) is 0 Å². The van der Waals surface area contributed by atoms with Gasteiger partial charge in [-0.1, -0.05) is 18.2 Å². The van der Waals surface area contributed by atoms with Gasteiger partial charge in [0.05, 0.1) is 6.54 Å². The number of hydrogen-bond acceptors (Lipinski definition) is 1. The van der Waals surface area contributed by atoms with Crippen molar-refractivity contribution in [2.45, 2.75) is 13.1 Å². The molecular weight excluding hydrogens is 141 g/mol. The summed E-state index contributed by atoms with van der Waals surface area (Å²) < 4.78 is 13.0. The zero-order valence-electron chi connectivity index (χ0n) is 6.39. The fourth-order valence-corrected chi connectivity index (χ4v) is 1.49. The van der Waals surface area contributed by atoms with E-state index >= 15 is 0 Å². The second kappa shape index (κ2) is 2.22. The summed E-state index contributed by atoms with van der Waals surface area (Å²) in [6, 6.07) is 5.73. The molecule has 2 heteroatoms. The zero-order valence-corrected chi connectivity index (χ0v) is 6.39. The van der Waals surface area contributed by atoms with Crippen LogP contribution in [0, 0.1) is 6.92 Å². The molecule has 1 N–H and O–H groups in total. The summed E-state index contributed by atoms with van der Waals surface area (Å²) in [5.74, 6) is 0. The number of aryl methyl sites for hydroxylation is 1. The summed E-state index contributed by atoms with van der Waals surface area (Å²) in [6.07, 6.45) is -0.815. The van der Waals surface area contributed by atoms with Gasteiger partial charge >= 0.3 is 0 Å². The van der Waals surface area contributed by atoms with E-state index in [0.29, 0.717) is 6.54 Å². The maximum atomic E-state index is 13.0. The molecule has 1 heterocycles. The van der Waals surface area contributed by atoms with Crippen LogP contribution < -0.4 is 5.32 Å². The molecule has 1 aliphatic heterocycles. The third kappa shape index (κ3) is 0.897. The van der Waals surface area contributed by atoms with E-state index in [4.69, 9.17) is 0 Å². The highest BCUT2D eigenvalue weighted by Crippen LogP contribution is 2.34. The normalized spacial score (nSPS) is 21.1. The topological polar surface area (TPSA) is 12.0 Å². The second-order valence-electron chi connectivity index (χ2n) is 2.89. The summed E-state index contributed by atoms with van der Waals surface area (Å²) >= 11 is 0. The lowest BCUT2D eigenvalue weighted by Gasteiger charge is -2.02. The highest BCUT2D eigenvalue weighted by atomic mass is 19.1. The van der Waals surface area contributed by atoms with Gasteiger partial charge in [0.1, 0.15) is 6.17 Å². The number of nitrogens with one attached hydrogen (secondary N) is 1. The Kier molecular flexibility index (Phi) is 1.34. The summed E-state index contributed by atoms with van der Waals surface area (Å²) in [5, 5.41) is 3.04. The van der Waals surface area contributed by atoms with Crippen LogP contribution in [0.5, 0.6) is 0 Å². The molecule has 58 valence electrons. The molecule has 2 rings (SSSR count). The van der Waals surface area contributed by atoms with Crippen LogP contribution in [-0.4, -0.2) is 6.54 Å². The lowest BCUT2D eigenvalue weighted by Crippen LogP contribution is -1.95. The van der Waals surface area contributed by atoms with E-state index in [1.807, 2.05) is 25.1 Å². The first-order chi connectivity index (χ1) is 5.29. The number of rotatable bonds is 0. The summed E-state index contributed by atoms with van der Waals surface area (Å²) in [6.45, 7) is 2.42. The van der Waals surface area contributed by atoms with Gasteiger partial charge in [0.15, 0.2) is 0 Å². The lowest BCUT2D eigenvalue weighted by molar-refractivity contribution is 0.373. The van der Waals surface area contributed by atoms with E-state index in [1.165, 1.54) is 0 Å². The molecule has 0 radical (unpaired) electrons. The lowest BCUT2D eigenvalue weighted by atomic mass is 10.1. The molecule has 0 aromatic heterocycles. The van der Waals surface area contributed by atoms with Gasteiger partial charge in [-0.3, -0.25) is 0 Å². The van der Waals surface area contributed by atoms with Crippen molar-refractivity contribution >= 4 is 5.69 Å². The van der Waals surface area contributed by atoms with Gasteiger partial charge in [0.2, 0.25) is 0 Å². The quantitative estimate of drug-likeness (QED) is 0.600. The fraction of sp³-hybridized carbons (Fsp3) is 0.333. The van der Waals surface area contributed by atoms with Crippen LogP contribution in [0.1, 0.15) is 17.3 Å². The predicted molar refractivity (Wildman–Crippen MR) is 43.5 cm³/mol. The Morgan fingerprint density at radius 3 is 3.09 bits per heavy atom. The largest absolute Gasteiger partial charge is 0.381 e. The van der Waals surface area contributed by atoms with E-state index in [2.05, 4.69) is 5.32 Å². The van der Waals surface area contributed by atoms with Gasteiger partial charge < -0.3 is 5.32 Å². The van der Waals surface area contributed by atoms with Crippen LogP contribution in [-0.2, 0) is 0 Å². The van der Waals surface area contributed by atoms with Crippen LogP contribution in [0.3, 0.4) is 0 Å². The van der Waals surface area contributed by atoms with Crippen molar-refractivity contribution in [2.75, 3.05) is 11.9 Å². The van der Waals surface area contributed by atoms with Gasteiger partial charge in [-0.25, -0.2) is 4.39 Å². The van der Waals surface area contributed by atoms with Crippen LogP contribution in [0.15, 0.2) is 18.2 Å². The molecule has 1 aromatic rings. The highest BCUT2D eigenvalue weighted by Gasteiger charge is 2.21. The van der Waals surface area contributed by atoms with Crippen molar-refractivity contribution in [3.8, 4) is 0 Å². The first kappa shape index (κ1) is 6.65. The van der Waals surface area contributed by atoms with Gasteiger partial charge in [-0.05, 0) is 12.5 Å². The van der Waals surface area contributed by atoms with Crippen LogP contribution >= 0.6 is 0 Å². The molecule has 0 saturated heterocycles. The van der Waals surface area contributed by atoms with Crippen molar-refractivity contribution in [3.63, 3.8) is 0 Å². The van der Waals surface area contributed by atoms with E-state index in [1.54, 1.807) is 0 Å². The average Bonchev–Trinajstić information content (AvgIpc) is 2.35. The Balaban J connectivity index is 2.57. The molecule has 1 atom stereocenters. The monoisotopic (exact) mass is 151 g/mol. The minimum absolute atomic E-state index is 0.431. The van der Waals surface area contributed by atoms with Crippen LogP contribution in [0.4, 0.5) is 10.1 Å². The Hall–Kier alpha value is -1.05. The minimum Gasteiger partial charge on any atom is -0.381 e. The maximum absolute atomic E-state index is 13.0. The Morgan fingerprint density at radius 2 is 2.36 bits per heavy atom. The van der Waals surface area contributed by atoms with E-state index < -0.39 is 6.17 Å². The fourth-order valence-electron chi connectivity index (χ4n) is 1.49. The smallest absolute Gasteiger partial charge is 0.144 e. The molecule has 11 heavy (non-hydrogen) atoms. The average molecular weight is 151 g/mol. The summed E-state index contributed by atoms with van der Waals surface area (Å²) in [5.41, 5.74) is 2.92. The molecule has 1 unspecified atom stereocenters. The van der Waals surface area contributed by atoms with Gasteiger partial charge in [-0.15, -0.1) is 0 Å². The minimum atomic E-state index is -0.815.